The topological polar surface area (TPSA) is 105 Å². The van der Waals surface area contributed by atoms with E-state index in [0.717, 1.165) is 67.3 Å². The van der Waals surface area contributed by atoms with Crippen LogP contribution < -0.4 is 10.2 Å². The molecule has 182 valence electrons. The molecule has 3 aromatic heterocycles. The Bertz CT molecular complexity index is 1460. The quantitative estimate of drug-likeness (QED) is 0.431. The predicted molar refractivity (Wildman–Crippen MR) is 131 cm³/mol. The van der Waals surface area contributed by atoms with Crippen molar-refractivity contribution in [2.75, 3.05) is 29.6 Å². The van der Waals surface area contributed by atoms with Gasteiger partial charge >= 0.3 is 0 Å². The van der Waals surface area contributed by atoms with Crippen molar-refractivity contribution in [1.82, 2.24) is 24.6 Å². The number of aryl methyl sites for hydroxylation is 1. The fourth-order valence-electron chi connectivity index (χ4n) is 4.37. The molecule has 0 radical (unpaired) electrons. The summed E-state index contributed by atoms with van der Waals surface area (Å²) in [4.78, 5) is 15.5. The smallest absolute Gasteiger partial charge is 0.228 e. The van der Waals surface area contributed by atoms with Crippen molar-refractivity contribution < 1.29 is 12.8 Å². The van der Waals surface area contributed by atoms with E-state index in [1.54, 1.807) is 10.7 Å². The predicted octanol–water partition coefficient (Wildman–Crippen LogP) is 3.75. The lowest BCUT2D eigenvalue weighted by atomic mass is 9.90. The fraction of sp³-hybridized carbons (Fsp3) is 0.333. The maximum atomic E-state index is 14.6. The molecule has 5 rings (SSSR count). The van der Waals surface area contributed by atoms with Gasteiger partial charge in [0.05, 0.1) is 22.3 Å². The molecule has 0 saturated carbocycles. The van der Waals surface area contributed by atoms with Crippen LogP contribution in [0.25, 0.3) is 5.52 Å². The molecule has 0 spiro atoms. The van der Waals surface area contributed by atoms with E-state index < -0.39 is 15.7 Å². The Morgan fingerprint density at radius 1 is 1.09 bits per heavy atom. The van der Waals surface area contributed by atoms with E-state index in [-0.39, 0.29) is 10.6 Å². The number of hydrogen-bond donors (Lipinski definition) is 1. The second-order valence-corrected chi connectivity index (χ2v) is 10.7. The van der Waals surface area contributed by atoms with Crippen LogP contribution in [-0.4, -0.2) is 52.3 Å². The van der Waals surface area contributed by atoms with Gasteiger partial charge in [-0.25, -0.2) is 32.3 Å². The van der Waals surface area contributed by atoms with E-state index >= 15 is 0 Å². The minimum atomic E-state index is -3.50. The Kier molecular flexibility index (Phi) is 6.10. The monoisotopic (exact) mass is 495 g/mol. The van der Waals surface area contributed by atoms with Gasteiger partial charge in [0.15, 0.2) is 9.84 Å². The van der Waals surface area contributed by atoms with E-state index in [1.807, 2.05) is 24.7 Å². The molecule has 4 heterocycles. The number of sulfone groups is 1. The van der Waals surface area contributed by atoms with Gasteiger partial charge in [-0.15, -0.1) is 0 Å². The molecule has 1 saturated heterocycles. The molecule has 1 aliphatic heterocycles. The zero-order valence-corrected chi connectivity index (χ0v) is 20.3. The minimum Gasteiger partial charge on any atom is -0.341 e. The second-order valence-electron chi connectivity index (χ2n) is 8.71. The summed E-state index contributed by atoms with van der Waals surface area (Å²) in [7, 11) is -3.50. The first-order valence-electron chi connectivity index (χ1n) is 11.5. The molecule has 1 aromatic carbocycles. The molecule has 11 heteroatoms. The summed E-state index contributed by atoms with van der Waals surface area (Å²) in [5.41, 5.74) is 3.26. The van der Waals surface area contributed by atoms with Gasteiger partial charge in [0.25, 0.3) is 0 Å². The molecule has 1 N–H and O–H groups in total. The van der Waals surface area contributed by atoms with Crippen LogP contribution in [0.2, 0.25) is 0 Å². The van der Waals surface area contributed by atoms with Crippen LogP contribution in [0.5, 0.6) is 0 Å². The highest BCUT2D eigenvalue weighted by molar-refractivity contribution is 7.90. The molecule has 4 aromatic rings. The highest BCUT2D eigenvalue weighted by Crippen LogP contribution is 2.33. The van der Waals surface area contributed by atoms with E-state index in [1.165, 1.54) is 12.1 Å². The minimum absolute atomic E-state index is 0.0776. The number of anilines is 3. The van der Waals surface area contributed by atoms with Crippen LogP contribution in [0.15, 0.2) is 53.9 Å². The molecule has 0 unspecified atom stereocenters. The summed E-state index contributed by atoms with van der Waals surface area (Å²) in [6, 6.07) is 5.65. The first kappa shape index (κ1) is 23.2. The Morgan fingerprint density at radius 2 is 1.83 bits per heavy atom. The number of fused-ring (bicyclic) bond motifs is 1. The van der Waals surface area contributed by atoms with Crippen molar-refractivity contribution in [3.63, 3.8) is 0 Å². The number of piperidine rings is 1. The molecule has 1 fully saturated rings. The average molecular weight is 496 g/mol. The molecule has 1 aliphatic rings. The molecule has 0 atom stereocenters. The molecular formula is C24H26FN7O2S. The maximum Gasteiger partial charge on any atom is 0.228 e. The Labute approximate surface area is 203 Å². The largest absolute Gasteiger partial charge is 0.341 e. The summed E-state index contributed by atoms with van der Waals surface area (Å²) in [5, 5.41) is 7.45. The highest BCUT2D eigenvalue weighted by atomic mass is 32.2. The average Bonchev–Trinajstić information content (AvgIpc) is 3.30. The SMILES string of the molecule is CCc1cnc(N2CCC(c3cnn4c(Nc5ccc(S(C)(=O)=O)cc5F)nccc34)CC2)nc1. The van der Waals surface area contributed by atoms with Gasteiger partial charge in [-0.2, -0.15) is 5.10 Å². The normalized spacial score (nSPS) is 15.0. The molecule has 0 bridgehead atoms. The lowest BCUT2D eigenvalue weighted by Gasteiger charge is -2.31. The first-order chi connectivity index (χ1) is 16.8. The number of benzene rings is 1. The third-order valence-corrected chi connectivity index (χ3v) is 7.51. The van der Waals surface area contributed by atoms with Crippen molar-refractivity contribution in [2.45, 2.75) is 37.0 Å². The van der Waals surface area contributed by atoms with Crippen molar-refractivity contribution in [3.8, 4) is 0 Å². The van der Waals surface area contributed by atoms with Gasteiger partial charge in [-0.3, -0.25) is 0 Å². The Hall–Kier alpha value is -3.60. The summed E-state index contributed by atoms with van der Waals surface area (Å²) in [6.07, 6.45) is 11.1. The van der Waals surface area contributed by atoms with Gasteiger partial charge in [0.2, 0.25) is 11.9 Å². The zero-order chi connectivity index (χ0) is 24.6. The van der Waals surface area contributed by atoms with Crippen molar-refractivity contribution in [1.29, 1.82) is 0 Å². The van der Waals surface area contributed by atoms with Gasteiger partial charge in [0.1, 0.15) is 5.82 Å². The van der Waals surface area contributed by atoms with Crippen LogP contribution in [0, 0.1) is 5.82 Å². The third-order valence-electron chi connectivity index (χ3n) is 6.40. The van der Waals surface area contributed by atoms with Crippen LogP contribution in [0.4, 0.5) is 22.0 Å². The number of nitrogens with one attached hydrogen (secondary N) is 1. The highest BCUT2D eigenvalue weighted by Gasteiger charge is 2.25. The Morgan fingerprint density at radius 3 is 2.49 bits per heavy atom. The lowest BCUT2D eigenvalue weighted by Crippen LogP contribution is -2.34. The molecular weight excluding hydrogens is 469 g/mol. The number of aromatic nitrogens is 5. The lowest BCUT2D eigenvalue weighted by molar-refractivity contribution is 0.501. The Balaban J connectivity index is 1.34. The van der Waals surface area contributed by atoms with Crippen LogP contribution >= 0.6 is 0 Å². The molecule has 9 nitrogen and oxygen atoms in total. The van der Waals surface area contributed by atoms with Crippen molar-refractivity contribution in [2.24, 2.45) is 0 Å². The van der Waals surface area contributed by atoms with Crippen LogP contribution in [0.3, 0.4) is 0 Å². The van der Waals surface area contributed by atoms with Gasteiger partial charge < -0.3 is 10.2 Å². The molecule has 0 amide bonds. The van der Waals surface area contributed by atoms with E-state index in [4.69, 9.17) is 0 Å². The number of nitrogens with zero attached hydrogens (tertiary/aromatic N) is 6. The van der Waals surface area contributed by atoms with Gasteiger partial charge in [-0.1, -0.05) is 6.92 Å². The fourth-order valence-corrected chi connectivity index (χ4v) is 5.00. The van der Waals surface area contributed by atoms with E-state index in [9.17, 15) is 12.8 Å². The van der Waals surface area contributed by atoms with Crippen LogP contribution in [-0.2, 0) is 16.3 Å². The summed E-state index contributed by atoms with van der Waals surface area (Å²) in [5.74, 6) is 0.752. The zero-order valence-electron chi connectivity index (χ0n) is 19.5. The van der Waals surface area contributed by atoms with E-state index in [0.29, 0.717) is 11.9 Å². The molecule has 0 aliphatic carbocycles. The van der Waals surface area contributed by atoms with Crippen LogP contribution in [0.1, 0.15) is 36.8 Å². The molecule has 35 heavy (non-hydrogen) atoms. The van der Waals surface area contributed by atoms with E-state index in [2.05, 4.69) is 37.2 Å². The maximum absolute atomic E-state index is 14.6. The second kappa shape index (κ2) is 9.21. The summed E-state index contributed by atoms with van der Waals surface area (Å²) < 4.78 is 39.6. The number of halogens is 1. The van der Waals surface area contributed by atoms with Gasteiger partial charge in [0, 0.05) is 43.5 Å². The van der Waals surface area contributed by atoms with Crippen molar-refractivity contribution >= 4 is 32.9 Å². The standard InChI is InChI=1S/C24H26FN7O2S/c1-3-16-13-27-23(28-14-16)31-10-7-17(8-11-31)19-15-29-32-22(19)6-9-26-24(32)30-21-5-4-18(12-20(21)25)35(2,33)34/h4-6,9,12-15,17H,3,7-8,10-11H2,1-2H3,(H,26,30). The summed E-state index contributed by atoms with van der Waals surface area (Å²) >= 11 is 0. The van der Waals surface area contributed by atoms with Gasteiger partial charge in [-0.05, 0) is 55.0 Å². The van der Waals surface area contributed by atoms with Crippen molar-refractivity contribution in [3.05, 3.63) is 66.0 Å². The third kappa shape index (κ3) is 4.68. The summed E-state index contributed by atoms with van der Waals surface area (Å²) in [6.45, 7) is 3.78. The number of rotatable bonds is 6. The number of hydrogen-bond acceptors (Lipinski definition) is 8. The first-order valence-corrected chi connectivity index (χ1v) is 13.4.